The molecule has 94 valence electrons. The van der Waals surface area contributed by atoms with E-state index in [0.29, 0.717) is 5.76 Å². The molecule has 1 amide bonds. The molecule has 1 aromatic heterocycles. The van der Waals surface area contributed by atoms with Crippen molar-refractivity contribution in [3.8, 4) is 0 Å². The summed E-state index contributed by atoms with van der Waals surface area (Å²) in [7, 11) is 1.91. The highest BCUT2D eigenvalue weighted by Crippen LogP contribution is 2.15. The molecule has 0 radical (unpaired) electrons. The van der Waals surface area contributed by atoms with Crippen molar-refractivity contribution in [2.75, 3.05) is 26.7 Å². The zero-order valence-corrected chi connectivity index (χ0v) is 10.4. The number of nitrogens with zero attached hydrogens (tertiary/aromatic N) is 1. The number of likely N-dealkylation sites (tertiary alicyclic amines) is 1. The van der Waals surface area contributed by atoms with Crippen molar-refractivity contribution in [2.24, 2.45) is 0 Å². The van der Waals surface area contributed by atoms with Crippen LogP contribution in [0.5, 0.6) is 0 Å². The van der Waals surface area contributed by atoms with Gasteiger partial charge >= 0.3 is 0 Å². The topological polar surface area (TPSA) is 45.5 Å². The zero-order chi connectivity index (χ0) is 12.1. The van der Waals surface area contributed by atoms with Crippen LogP contribution in [0.25, 0.3) is 0 Å². The smallest absolute Gasteiger partial charge is 0.289 e. The molecule has 1 saturated heterocycles. The SMILES string of the molecule is CNCCc1ccc(C(=O)N2CCCCC2)o1. The zero-order valence-electron chi connectivity index (χ0n) is 10.4. The number of carbonyl (C=O) groups excluding carboxylic acids is 1. The van der Waals surface area contributed by atoms with E-state index in [1.54, 1.807) is 6.07 Å². The Morgan fingerprint density at radius 3 is 2.82 bits per heavy atom. The van der Waals surface area contributed by atoms with Crippen molar-refractivity contribution < 1.29 is 9.21 Å². The van der Waals surface area contributed by atoms with Gasteiger partial charge < -0.3 is 14.6 Å². The van der Waals surface area contributed by atoms with Crippen molar-refractivity contribution >= 4 is 5.91 Å². The Kier molecular flexibility index (Phi) is 4.20. The molecule has 0 aliphatic carbocycles. The predicted molar refractivity (Wildman–Crippen MR) is 66.1 cm³/mol. The number of likely N-dealkylation sites (N-methyl/N-ethyl adjacent to an activating group) is 1. The summed E-state index contributed by atoms with van der Waals surface area (Å²) in [6.07, 6.45) is 4.28. The van der Waals surface area contributed by atoms with E-state index in [9.17, 15) is 4.79 Å². The maximum absolute atomic E-state index is 12.1. The first-order chi connectivity index (χ1) is 8.31. The Morgan fingerprint density at radius 2 is 2.12 bits per heavy atom. The van der Waals surface area contributed by atoms with Gasteiger partial charge in [-0.1, -0.05) is 0 Å². The molecule has 1 fully saturated rings. The van der Waals surface area contributed by atoms with E-state index in [4.69, 9.17) is 4.42 Å². The van der Waals surface area contributed by atoms with Crippen LogP contribution < -0.4 is 5.32 Å². The molecule has 0 atom stereocenters. The highest BCUT2D eigenvalue weighted by molar-refractivity contribution is 5.91. The molecule has 0 spiro atoms. The van der Waals surface area contributed by atoms with Crippen LogP contribution in [0.4, 0.5) is 0 Å². The molecule has 0 aromatic carbocycles. The van der Waals surface area contributed by atoms with Crippen molar-refractivity contribution in [1.29, 1.82) is 0 Å². The molecular weight excluding hydrogens is 216 g/mol. The number of hydrogen-bond acceptors (Lipinski definition) is 3. The summed E-state index contributed by atoms with van der Waals surface area (Å²) < 4.78 is 5.57. The van der Waals surface area contributed by atoms with Crippen LogP contribution in [0.1, 0.15) is 35.6 Å². The summed E-state index contributed by atoms with van der Waals surface area (Å²) in [5.74, 6) is 1.40. The summed E-state index contributed by atoms with van der Waals surface area (Å²) in [4.78, 5) is 14.0. The molecule has 0 unspecified atom stereocenters. The van der Waals surface area contributed by atoms with Gasteiger partial charge in [-0.15, -0.1) is 0 Å². The molecule has 4 heteroatoms. The Balaban J connectivity index is 1.96. The van der Waals surface area contributed by atoms with Gasteiger partial charge in [0.2, 0.25) is 0 Å². The fourth-order valence-corrected chi connectivity index (χ4v) is 2.13. The quantitative estimate of drug-likeness (QED) is 0.865. The minimum Gasteiger partial charge on any atom is -0.456 e. The Bertz CT molecular complexity index is 367. The molecule has 2 rings (SSSR count). The van der Waals surface area contributed by atoms with Gasteiger partial charge in [-0.25, -0.2) is 0 Å². The summed E-state index contributed by atoms with van der Waals surface area (Å²) in [6, 6.07) is 3.69. The third kappa shape index (κ3) is 3.09. The van der Waals surface area contributed by atoms with Gasteiger partial charge in [-0.05, 0) is 38.4 Å². The number of piperidine rings is 1. The van der Waals surface area contributed by atoms with Gasteiger partial charge in [0.15, 0.2) is 5.76 Å². The maximum atomic E-state index is 12.1. The summed E-state index contributed by atoms with van der Waals surface area (Å²) in [6.45, 7) is 2.60. The number of carbonyl (C=O) groups is 1. The van der Waals surface area contributed by atoms with E-state index in [-0.39, 0.29) is 5.91 Å². The second-order valence-corrected chi connectivity index (χ2v) is 4.47. The van der Waals surface area contributed by atoms with E-state index in [0.717, 1.165) is 44.7 Å². The molecule has 2 heterocycles. The lowest BCUT2D eigenvalue weighted by Gasteiger charge is -2.25. The summed E-state index contributed by atoms with van der Waals surface area (Å²) in [5, 5.41) is 3.06. The van der Waals surface area contributed by atoms with Crippen molar-refractivity contribution in [1.82, 2.24) is 10.2 Å². The number of amides is 1. The molecule has 17 heavy (non-hydrogen) atoms. The Labute approximate surface area is 102 Å². The lowest BCUT2D eigenvalue weighted by molar-refractivity contribution is 0.0690. The number of rotatable bonds is 4. The third-order valence-corrected chi connectivity index (χ3v) is 3.14. The molecular formula is C13H20N2O2. The highest BCUT2D eigenvalue weighted by Gasteiger charge is 2.20. The van der Waals surface area contributed by atoms with Crippen molar-refractivity contribution in [3.63, 3.8) is 0 Å². The van der Waals surface area contributed by atoms with Crippen LogP contribution in [0.15, 0.2) is 16.5 Å². The molecule has 4 nitrogen and oxygen atoms in total. The average Bonchev–Trinajstić information content (AvgIpc) is 2.85. The minimum absolute atomic E-state index is 0.0420. The van der Waals surface area contributed by atoms with E-state index in [1.165, 1.54) is 6.42 Å². The van der Waals surface area contributed by atoms with E-state index >= 15 is 0 Å². The largest absolute Gasteiger partial charge is 0.456 e. The van der Waals surface area contributed by atoms with Crippen LogP contribution in [0.3, 0.4) is 0 Å². The van der Waals surface area contributed by atoms with E-state index < -0.39 is 0 Å². The van der Waals surface area contributed by atoms with E-state index in [1.807, 2.05) is 18.0 Å². The monoisotopic (exact) mass is 236 g/mol. The van der Waals surface area contributed by atoms with Gasteiger partial charge in [0, 0.05) is 26.1 Å². The lowest BCUT2D eigenvalue weighted by Crippen LogP contribution is -2.35. The Hall–Kier alpha value is -1.29. The molecule has 1 aliphatic heterocycles. The lowest BCUT2D eigenvalue weighted by atomic mass is 10.1. The van der Waals surface area contributed by atoms with Gasteiger partial charge in [-0.2, -0.15) is 0 Å². The predicted octanol–water partition coefficient (Wildman–Crippen LogP) is 1.67. The van der Waals surface area contributed by atoms with Crippen LogP contribution in [-0.2, 0) is 6.42 Å². The molecule has 0 saturated carbocycles. The van der Waals surface area contributed by atoms with Gasteiger partial charge in [-0.3, -0.25) is 4.79 Å². The minimum atomic E-state index is 0.0420. The fourth-order valence-electron chi connectivity index (χ4n) is 2.13. The number of nitrogens with one attached hydrogen (secondary N) is 1. The summed E-state index contributed by atoms with van der Waals surface area (Å²) in [5.41, 5.74) is 0. The third-order valence-electron chi connectivity index (χ3n) is 3.14. The Morgan fingerprint density at radius 1 is 1.35 bits per heavy atom. The first kappa shape index (κ1) is 12.2. The van der Waals surface area contributed by atoms with Crippen LogP contribution in [-0.4, -0.2) is 37.5 Å². The number of hydrogen-bond donors (Lipinski definition) is 1. The van der Waals surface area contributed by atoms with Crippen molar-refractivity contribution in [3.05, 3.63) is 23.7 Å². The van der Waals surface area contributed by atoms with Gasteiger partial charge in [0.25, 0.3) is 5.91 Å². The standard InChI is InChI=1S/C13H20N2O2/c1-14-8-7-11-5-6-12(17-11)13(16)15-9-3-2-4-10-15/h5-6,14H,2-4,7-10H2,1H3. The normalized spacial score (nSPS) is 16.2. The second kappa shape index (κ2) is 5.87. The van der Waals surface area contributed by atoms with Crippen LogP contribution in [0.2, 0.25) is 0 Å². The van der Waals surface area contributed by atoms with Crippen LogP contribution in [0, 0.1) is 0 Å². The van der Waals surface area contributed by atoms with Gasteiger partial charge in [0.05, 0.1) is 0 Å². The number of furan rings is 1. The summed E-state index contributed by atoms with van der Waals surface area (Å²) >= 11 is 0. The second-order valence-electron chi connectivity index (χ2n) is 4.47. The molecule has 1 N–H and O–H groups in total. The molecule has 1 aromatic rings. The highest BCUT2D eigenvalue weighted by atomic mass is 16.4. The molecule has 0 bridgehead atoms. The molecule has 1 aliphatic rings. The van der Waals surface area contributed by atoms with E-state index in [2.05, 4.69) is 5.32 Å². The first-order valence-electron chi connectivity index (χ1n) is 6.34. The van der Waals surface area contributed by atoms with Crippen LogP contribution >= 0.6 is 0 Å². The fraction of sp³-hybridized carbons (Fsp3) is 0.615. The first-order valence-corrected chi connectivity index (χ1v) is 6.34. The average molecular weight is 236 g/mol. The maximum Gasteiger partial charge on any atom is 0.289 e. The van der Waals surface area contributed by atoms with Gasteiger partial charge in [0.1, 0.15) is 5.76 Å². The van der Waals surface area contributed by atoms with Crippen molar-refractivity contribution in [2.45, 2.75) is 25.7 Å².